The minimum atomic E-state index is -1.97. The van der Waals surface area contributed by atoms with E-state index >= 15 is 0 Å². The van der Waals surface area contributed by atoms with Crippen LogP contribution in [-0.4, -0.2) is 34.2 Å². The highest BCUT2D eigenvalue weighted by molar-refractivity contribution is 6.12. The maximum Gasteiger partial charge on any atom is 0.413 e. The third-order valence-electron chi connectivity index (χ3n) is 5.69. The van der Waals surface area contributed by atoms with Crippen LogP contribution in [0.4, 0.5) is 20.8 Å². The number of hydrogen-bond acceptors (Lipinski definition) is 5. The lowest BCUT2D eigenvalue weighted by atomic mass is 9.93. The normalized spacial score (nSPS) is 16.8. The summed E-state index contributed by atoms with van der Waals surface area (Å²) in [5, 5.41) is 14.5. The number of nitrogens with one attached hydrogen (secondary N) is 2. The minimum Gasteiger partial charge on any atom is -0.453 e. The van der Waals surface area contributed by atoms with Crippen molar-refractivity contribution in [2.75, 3.05) is 17.3 Å². The monoisotopic (exact) mass is 482 g/mol. The second-order valence-electron chi connectivity index (χ2n) is 7.75. The van der Waals surface area contributed by atoms with E-state index in [1.807, 2.05) is 0 Å². The second-order valence-corrected chi connectivity index (χ2v) is 7.75. The van der Waals surface area contributed by atoms with Crippen molar-refractivity contribution in [1.29, 1.82) is 0 Å². The molecule has 0 saturated carbocycles. The molecular weight excluding hydrogens is 463 g/mol. The molecule has 1 unspecified atom stereocenters. The summed E-state index contributed by atoms with van der Waals surface area (Å²) < 4.78 is 19.5. The van der Waals surface area contributed by atoms with Gasteiger partial charge in [0.05, 0.1) is 23.8 Å². The molecule has 8 nitrogen and oxygen atoms in total. The largest absolute Gasteiger partial charge is 0.453 e. The number of nitrogens with zero attached hydrogens (tertiary/aromatic N) is 2. The number of imidazole rings is 1. The molecule has 0 saturated heterocycles. The first kappa shape index (κ1) is 23.2. The first-order chi connectivity index (χ1) is 15.8. The summed E-state index contributed by atoms with van der Waals surface area (Å²) in [7, 11) is 1.24. The number of ether oxygens (including phenoxy) is 1. The summed E-state index contributed by atoms with van der Waals surface area (Å²) in [5.41, 5.74) is 0.672. The van der Waals surface area contributed by atoms with E-state index in [0.717, 1.165) is 10.5 Å². The molecule has 34 heavy (non-hydrogen) atoms. The predicted octanol–water partition coefficient (Wildman–Crippen LogP) is 4.46. The highest BCUT2D eigenvalue weighted by Crippen LogP contribution is 2.46. The van der Waals surface area contributed by atoms with Gasteiger partial charge in [0.2, 0.25) is 5.95 Å². The van der Waals surface area contributed by atoms with Crippen LogP contribution < -0.4 is 10.2 Å². The van der Waals surface area contributed by atoms with Gasteiger partial charge < -0.3 is 14.8 Å². The molecular formula is C24H20ClFN4O4. The fraction of sp³-hybridized carbons (Fsp3) is 0.125. The van der Waals surface area contributed by atoms with Gasteiger partial charge >= 0.3 is 6.09 Å². The van der Waals surface area contributed by atoms with Crippen molar-refractivity contribution < 1.29 is 23.8 Å². The molecule has 0 bridgehead atoms. The number of hydrogen-bond donors (Lipinski definition) is 3. The first-order valence-electron chi connectivity index (χ1n) is 10.1. The number of halogens is 2. The highest BCUT2D eigenvalue weighted by Gasteiger charge is 2.51. The Labute approximate surface area is 199 Å². The summed E-state index contributed by atoms with van der Waals surface area (Å²) in [6, 6.07) is 15.9. The average Bonchev–Trinajstić information content (AvgIpc) is 3.31. The number of H-pyrrole nitrogens is 1. The molecule has 0 radical (unpaired) electrons. The first-order valence-corrected chi connectivity index (χ1v) is 10.1. The van der Waals surface area contributed by atoms with Gasteiger partial charge in [0.15, 0.2) is 5.72 Å². The number of rotatable bonds is 3. The zero-order valence-corrected chi connectivity index (χ0v) is 18.9. The molecule has 1 aromatic heterocycles. The van der Waals surface area contributed by atoms with Crippen molar-refractivity contribution in [1.82, 2.24) is 9.97 Å². The van der Waals surface area contributed by atoms with Crippen molar-refractivity contribution in [3.63, 3.8) is 0 Å². The van der Waals surface area contributed by atoms with E-state index in [0.29, 0.717) is 22.2 Å². The van der Waals surface area contributed by atoms with E-state index in [-0.39, 0.29) is 29.6 Å². The molecule has 2 heterocycles. The third kappa shape index (κ3) is 3.46. The van der Waals surface area contributed by atoms with Crippen LogP contribution >= 0.6 is 12.4 Å². The topological polar surface area (TPSA) is 108 Å². The molecule has 0 spiro atoms. The van der Waals surface area contributed by atoms with Crippen LogP contribution in [0.1, 0.15) is 27.0 Å². The number of methoxy groups -OCH3 is 1. The van der Waals surface area contributed by atoms with Gasteiger partial charge in [0.1, 0.15) is 5.82 Å². The maximum absolute atomic E-state index is 14.9. The summed E-state index contributed by atoms with van der Waals surface area (Å²) in [4.78, 5) is 33.2. The van der Waals surface area contributed by atoms with E-state index < -0.39 is 23.5 Å². The van der Waals surface area contributed by atoms with Crippen LogP contribution in [0.3, 0.4) is 0 Å². The second kappa shape index (κ2) is 8.44. The minimum absolute atomic E-state index is 0. The molecule has 2 amide bonds. The lowest BCUT2D eigenvalue weighted by molar-refractivity contribution is 0.0699. The Balaban J connectivity index is 0.00000274. The van der Waals surface area contributed by atoms with Crippen LogP contribution in [0, 0.1) is 12.7 Å². The standard InChI is InChI=1S/C24H19FN4O4.ClH/c1-13-7-9-17(25)20(11-13)29-21(30)15-5-3-4-6-16(15)24(29,32)14-8-10-18-19(12-14)27-22(26-18)28-23(31)33-2;/h3-12,32H,1-2H3,(H2,26,27,28,31);1H. The molecule has 1 aliphatic rings. The molecule has 10 heteroatoms. The van der Waals surface area contributed by atoms with E-state index in [2.05, 4.69) is 20.0 Å². The lowest BCUT2D eigenvalue weighted by Crippen LogP contribution is -2.45. The number of amides is 2. The lowest BCUT2D eigenvalue weighted by Gasteiger charge is -2.35. The number of aryl methyl sites for hydroxylation is 1. The molecule has 174 valence electrons. The molecule has 0 aliphatic carbocycles. The fourth-order valence-electron chi connectivity index (χ4n) is 4.16. The van der Waals surface area contributed by atoms with Crippen LogP contribution in [0.15, 0.2) is 60.7 Å². The summed E-state index contributed by atoms with van der Waals surface area (Å²) in [6.45, 7) is 1.78. The van der Waals surface area contributed by atoms with Crippen molar-refractivity contribution in [2.45, 2.75) is 12.6 Å². The van der Waals surface area contributed by atoms with E-state index in [1.165, 1.54) is 19.2 Å². The number of benzene rings is 3. The van der Waals surface area contributed by atoms with Crippen LogP contribution in [-0.2, 0) is 10.5 Å². The quantitative estimate of drug-likeness (QED) is 0.399. The number of aliphatic hydroxyl groups is 1. The summed E-state index contributed by atoms with van der Waals surface area (Å²) in [5.74, 6) is -0.992. The third-order valence-corrected chi connectivity index (χ3v) is 5.69. The number of fused-ring (bicyclic) bond motifs is 2. The number of aromatic amines is 1. The van der Waals surface area contributed by atoms with Crippen molar-refractivity contribution in [3.05, 3.63) is 88.7 Å². The molecule has 5 rings (SSSR count). The van der Waals surface area contributed by atoms with Gasteiger partial charge in [-0.1, -0.05) is 30.3 Å². The summed E-state index contributed by atoms with van der Waals surface area (Å²) >= 11 is 0. The smallest absolute Gasteiger partial charge is 0.413 e. The van der Waals surface area contributed by atoms with Crippen molar-refractivity contribution in [2.24, 2.45) is 0 Å². The van der Waals surface area contributed by atoms with Crippen LogP contribution in [0.5, 0.6) is 0 Å². The number of anilines is 2. The Kier molecular flexibility index (Phi) is 5.76. The highest BCUT2D eigenvalue weighted by atomic mass is 35.5. The average molecular weight is 483 g/mol. The van der Waals surface area contributed by atoms with E-state index in [4.69, 9.17) is 0 Å². The number of carbonyl (C=O) groups is 2. The Bertz CT molecular complexity index is 1440. The molecule has 1 aliphatic heterocycles. The van der Waals surface area contributed by atoms with Crippen molar-refractivity contribution >= 4 is 47.1 Å². The Morgan fingerprint density at radius 1 is 1.18 bits per heavy atom. The van der Waals surface area contributed by atoms with Gasteiger partial charge in [-0.25, -0.2) is 14.2 Å². The molecule has 4 aromatic rings. The van der Waals surface area contributed by atoms with Gasteiger partial charge in [-0.05, 0) is 42.8 Å². The summed E-state index contributed by atoms with van der Waals surface area (Å²) in [6.07, 6.45) is -0.690. The van der Waals surface area contributed by atoms with E-state index in [9.17, 15) is 19.1 Å². The van der Waals surface area contributed by atoms with Gasteiger partial charge in [-0.2, -0.15) is 0 Å². The Hall–Kier alpha value is -3.95. The van der Waals surface area contributed by atoms with Crippen molar-refractivity contribution in [3.8, 4) is 0 Å². The van der Waals surface area contributed by atoms with Gasteiger partial charge in [-0.15, -0.1) is 12.4 Å². The zero-order chi connectivity index (χ0) is 23.3. The molecule has 1 atom stereocenters. The zero-order valence-electron chi connectivity index (χ0n) is 18.1. The maximum atomic E-state index is 14.9. The number of aromatic nitrogens is 2. The molecule has 3 aromatic carbocycles. The molecule has 0 fully saturated rings. The Morgan fingerprint density at radius 3 is 2.71 bits per heavy atom. The van der Waals surface area contributed by atoms with Crippen LogP contribution in [0.25, 0.3) is 11.0 Å². The number of carbonyl (C=O) groups excluding carboxylic acids is 2. The fourth-order valence-corrected chi connectivity index (χ4v) is 4.16. The van der Waals surface area contributed by atoms with Gasteiger partial charge in [-0.3, -0.25) is 15.0 Å². The Morgan fingerprint density at radius 2 is 1.94 bits per heavy atom. The van der Waals surface area contributed by atoms with Crippen LogP contribution in [0.2, 0.25) is 0 Å². The molecule has 3 N–H and O–H groups in total. The van der Waals surface area contributed by atoms with E-state index in [1.54, 1.807) is 55.5 Å². The van der Waals surface area contributed by atoms with Gasteiger partial charge in [0.25, 0.3) is 5.91 Å². The predicted molar refractivity (Wildman–Crippen MR) is 127 cm³/mol. The SMILES string of the molecule is COC(=O)Nc1nc2ccc(C3(O)c4ccccc4C(=O)N3c3cc(C)ccc3F)cc2[nH]1.Cl. The van der Waals surface area contributed by atoms with Gasteiger partial charge in [0, 0.05) is 16.7 Å².